The van der Waals surface area contributed by atoms with Gasteiger partial charge >= 0.3 is 0 Å². The molecule has 1 aliphatic heterocycles. The smallest absolute Gasteiger partial charge is 0.142 e. The molecule has 104 valence electrons. The van der Waals surface area contributed by atoms with Crippen LogP contribution in [-0.2, 0) is 11.2 Å². The number of methoxy groups -OCH3 is 1. The third-order valence-corrected chi connectivity index (χ3v) is 3.69. The molecule has 2 heterocycles. The zero-order valence-corrected chi connectivity index (χ0v) is 11.5. The Labute approximate surface area is 118 Å². The fourth-order valence-electron chi connectivity index (χ4n) is 2.69. The first-order valence-corrected chi connectivity index (χ1v) is 6.75. The fourth-order valence-corrected chi connectivity index (χ4v) is 2.69. The molecule has 0 saturated heterocycles. The van der Waals surface area contributed by atoms with Gasteiger partial charge in [-0.05, 0) is 29.7 Å². The van der Waals surface area contributed by atoms with Crippen LogP contribution in [0.15, 0.2) is 42.6 Å². The second kappa shape index (κ2) is 5.61. The van der Waals surface area contributed by atoms with Gasteiger partial charge < -0.3 is 15.2 Å². The standard InChI is InChI=1S/C16H18N2O2/c1-19-13-7-4-9-18-15(13)14(17)16-12-6-3-2-5-11(12)8-10-20-16/h2-7,9,14,16H,8,10,17H2,1H3. The molecule has 4 nitrogen and oxygen atoms in total. The molecule has 0 fully saturated rings. The van der Waals surface area contributed by atoms with E-state index in [1.807, 2.05) is 24.3 Å². The first kappa shape index (κ1) is 13.1. The van der Waals surface area contributed by atoms with Crippen LogP contribution in [0, 0.1) is 0 Å². The van der Waals surface area contributed by atoms with Crippen LogP contribution < -0.4 is 10.5 Å². The predicted molar refractivity (Wildman–Crippen MR) is 76.6 cm³/mol. The molecule has 0 aliphatic carbocycles. The second-order valence-corrected chi connectivity index (χ2v) is 4.86. The summed E-state index contributed by atoms with van der Waals surface area (Å²) in [4.78, 5) is 4.37. The Kier molecular flexibility index (Phi) is 3.67. The number of hydrogen-bond donors (Lipinski definition) is 1. The number of ether oxygens (including phenoxy) is 2. The Bertz CT molecular complexity index is 601. The highest BCUT2D eigenvalue weighted by molar-refractivity contribution is 5.36. The molecule has 20 heavy (non-hydrogen) atoms. The van der Waals surface area contributed by atoms with Crippen LogP contribution in [0.3, 0.4) is 0 Å². The maximum atomic E-state index is 6.39. The molecule has 0 saturated carbocycles. The van der Waals surface area contributed by atoms with Gasteiger partial charge in [0.25, 0.3) is 0 Å². The zero-order valence-electron chi connectivity index (χ0n) is 11.5. The van der Waals surface area contributed by atoms with Gasteiger partial charge in [-0.25, -0.2) is 0 Å². The van der Waals surface area contributed by atoms with E-state index < -0.39 is 0 Å². The van der Waals surface area contributed by atoms with E-state index in [2.05, 4.69) is 17.1 Å². The average molecular weight is 270 g/mol. The molecule has 2 atom stereocenters. The van der Waals surface area contributed by atoms with E-state index >= 15 is 0 Å². The Hall–Kier alpha value is -1.91. The van der Waals surface area contributed by atoms with Crippen molar-refractivity contribution in [1.82, 2.24) is 4.98 Å². The molecule has 2 aromatic rings. The highest BCUT2D eigenvalue weighted by atomic mass is 16.5. The van der Waals surface area contributed by atoms with Gasteiger partial charge in [0.2, 0.25) is 0 Å². The summed E-state index contributed by atoms with van der Waals surface area (Å²) < 4.78 is 11.2. The number of rotatable bonds is 3. The summed E-state index contributed by atoms with van der Waals surface area (Å²) in [5, 5.41) is 0. The molecule has 1 aliphatic rings. The molecule has 0 amide bonds. The average Bonchev–Trinajstić information content (AvgIpc) is 2.53. The minimum atomic E-state index is -0.340. The first-order chi connectivity index (χ1) is 9.81. The highest BCUT2D eigenvalue weighted by Gasteiger charge is 2.29. The topological polar surface area (TPSA) is 57.4 Å². The van der Waals surface area contributed by atoms with E-state index in [1.54, 1.807) is 13.3 Å². The maximum absolute atomic E-state index is 6.39. The molecular weight excluding hydrogens is 252 g/mol. The van der Waals surface area contributed by atoms with Crippen molar-refractivity contribution in [3.05, 3.63) is 59.4 Å². The van der Waals surface area contributed by atoms with Crippen LogP contribution in [0.25, 0.3) is 0 Å². The number of fused-ring (bicyclic) bond motifs is 1. The molecule has 1 aromatic carbocycles. The van der Waals surface area contributed by atoms with Crippen LogP contribution in [0.4, 0.5) is 0 Å². The summed E-state index contributed by atoms with van der Waals surface area (Å²) in [6.07, 6.45) is 2.48. The van der Waals surface area contributed by atoms with Crippen molar-refractivity contribution in [2.45, 2.75) is 18.6 Å². The summed E-state index contributed by atoms with van der Waals surface area (Å²) in [5.41, 5.74) is 9.58. The molecule has 4 heteroatoms. The van der Waals surface area contributed by atoms with Crippen molar-refractivity contribution < 1.29 is 9.47 Å². The second-order valence-electron chi connectivity index (χ2n) is 4.86. The van der Waals surface area contributed by atoms with Crippen molar-refractivity contribution >= 4 is 0 Å². The monoisotopic (exact) mass is 270 g/mol. The summed E-state index contributed by atoms with van der Waals surface area (Å²) in [7, 11) is 1.63. The lowest BCUT2D eigenvalue weighted by atomic mass is 9.92. The van der Waals surface area contributed by atoms with Crippen molar-refractivity contribution in [2.75, 3.05) is 13.7 Å². The van der Waals surface area contributed by atoms with Crippen LogP contribution in [0.5, 0.6) is 5.75 Å². The molecule has 2 N–H and O–H groups in total. The lowest BCUT2D eigenvalue weighted by Crippen LogP contribution is -2.28. The van der Waals surface area contributed by atoms with Crippen molar-refractivity contribution in [3.63, 3.8) is 0 Å². The first-order valence-electron chi connectivity index (χ1n) is 6.75. The fraction of sp³-hybridized carbons (Fsp3) is 0.312. The van der Waals surface area contributed by atoms with E-state index in [4.69, 9.17) is 15.2 Å². The van der Waals surface area contributed by atoms with Gasteiger partial charge in [-0.2, -0.15) is 0 Å². The van der Waals surface area contributed by atoms with Gasteiger partial charge in [0.05, 0.1) is 19.8 Å². The van der Waals surface area contributed by atoms with Gasteiger partial charge in [0.1, 0.15) is 17.5 Å². The van der Waals surface area contributed by atoms with Gasteiger partial charge in [-0.3, -0.25) is 4.98 Å². The maximum Gasteiger partial charge on any atom is 0.142 e. The van der Waals surface area contributed by atoms with Gasteiger partial charge in [-0.1, -0.05) is 24.3 Å². The predicted octanol–water partition coefficient (Wildman–Crippen LogP) is 2.40. The Morgan fingerprint density at radius 3 is 3.00 bits per heavy atom. The number of hydrogen-bond acceptors (Lipinski definition) is 4. The van der Waals surface area contributed by atoms with Crippen molar-refractivity contribution in [2.24, 2.45) is 5.73 Å². The van der Waals surface area contributed by atoms with Crippen LogP contribution >= 0.6 is 0 Å². The molecule has 0 bridgehead atoms. The van der Waals surface area contributed by atoms with E-state index in [0.717, 1.165) is 17.7 Å². The van der Waals surface area contributed by atoms with Crippen LogP contribution in [0.2, 0.25) is 0 Å². The lowest BCUT2D eigenvalue weighted by Gasteiger charge is -2.30. The molecule has 1 aromatic heterocycles. The van der Waals surface area contributed by atoms with E-state index in [0.29, 0.717) is 12.4 Å². The molecule has 2 unspecified atom stereocenters. The minimum absolute atomic E-state index is 0.177. The Balaban J connectivity index is 1.97. The largest absolute Gasteiger partial charge is 0.495 e. The number of benzene rings is 1. The molecular formula is C16H18N2O2. The van der Waals surface area contributed by atoms with Gasteiger partial charge in [-0.15, -0.1) is 0 Å². The number of nitrogens with zero attached hydrogens (tertiary/aromatic N) is 1. The van der Waals surface area contributed by atoms with Gasteiger partial charge in [0.15, 0.2) is 0 Å². The SMILES string of the molecule is COc1cccnc1C(N)C1OCCc2ccccc21. The lowest BCUT2D eigenvalue weighted by molar-refractivity contribution is 0.0227. The van der Waals surface area contributed by atoms with Crippen molar-refractivity contribution in [3.8, 4) is 5.75 Å². The number of nitrogens with two attached hydrogens (primary N) is 1. The summed E-state index contributed by atoms with van der Waals surface area (Å²) in [5.74, 6) is 0.701. The quantitative estimate of drug-likeness (QED) is 0.930. The summed E-state index contributed by atoms with van der Waals surface area (Å²) in [6, 6.07) is 11.6. The number of aromatic nitrogens is 1. The molecule has 3 rings (SSSR count). The molecule has 0 radical (unpaired) electrons. The van der Waals surface area contributed by atoms with E-state index in [9.17, 15) is 0 Å². The molecule has 0 spiro atoms. The third kappa shape index (κ3) is 2.28. The normalized spacial score (nSPS) is 19.2. The zero-order chi connectivity index (χ0) is 13.9. The highest BCUT2D eigenvalue weighted by Crippen LogP contribution is 2.37. The van der Waals surface area contributed by atoms with Crippen LogP contribution in [-0.4, -0.2) is 18.7 Å². The van der Waals surface area contributed by atoms with Crippen LogP contribution in [0.1, 0.15) is 29.0 Å². The third-order valence-electron chi connectivity index (χ3n) is 3.69. The summed E-state index contributed by atoms with van der Waals surface area (Å²) in [6.45, 7) is 0.685. The number of pyridine rings is 1. The van der Waals surface area contributed by atoms with E-state index in [-0.39, 0.29) is 12.1 Å². The Morgan fingerprint density at radius 2 is 2.15 bits per heavy atom. The minimum Gasteiger partial charge on any atom is -0.495 e. The Morgan fingerprint density at radius 1 is 1.30 bits per heavy atom. The van der Waals surface area contributed by atoms with Crippen molar-refractivity contribution in [1.29, 1.82) is 0 Å². The van der Waals surface area contributed by atoms with E-state index in [1.165, 1.54) is 5.56 Å². The summed E-state index contributed by atoms with van der Waals surface area (Å²) >= 11 is 0. The van der Waals surface area contributed by atoms with Gasteiger partial charge in [0, 0.05) is 6.20 Å².